The van der Waals surface area contributed by atoms with Gasteiger partial charge in [-0.1, -0.05) is 26.2 Å². The zero-order valence-electron chi connectivity index (χ0n) is 13.2. The molecule has 0 N–H and O–H groups in total. The second kappa shape index (κ2) is 8.94. The van der Waals surface area contributed by atoms with Crippen LogP contribution in [0.5, 0.6) is 5.88 Å². The predicted octanol–water partition coefficient (Wildman–Crippen LogP) is 3.65. The van der Waals surface area contributed by atoms with E-state index in [1.54, 1.807) is 24.2 Å². The lowest BCUT2D eigenvalue weighted by Gasteiger charge is -2.23. The van der Waals surface area contributed by atoms with Gasteiger partial charge in [0.25, 0.3) is 0 Å². The first-order valence-corrected chi connectivity index (χ1v) is 9.18. The van der Waals surface area contributed by atoms with E-state index in [-0.39, 0.29) is 12.4 Å². The third-order valence-electron chi connectivity index (χ3n) is 4.41. The average Bonchev–Trinajstić information content (AvgIpc) is 3.11. The van der Waals surface area contributed by atoms with E-state index in [9.17, 15) is 0 Å². The molecular weight excluding hydrogens is 318 g/mol. The number of nitrogens with zero attached hydrogens (tertiary/aromatic N) is 3. The smallest absolute Gasteiger partial charge is 0.247 e. The lowest BCUT2D eigenvalue weighted by molar-refractivity contribution is 0.131. The molecule has 3 heterocycles. The Bertz CT molecular complexity index is 463. The average molecular weight is 344 g/mol. The van der Waals surface area contributed by atoms with E-state index in [1.165, 1.54) is 45.2 Å². The molecule has 0 aliphatic carbocycles. The summed E-state index contributed by atoms with van der Waals surface area (Å²) in [6, 6.07) is 0. The van der Waals surface area contributed by atoms with Crippen molar-refractivity contribution in [2.24, 2.45) is 5.92 Å². The Kier molecular flexibility index (Phi) is 7.25. The second-order valence-electron chi connectivity index (χ2n) is 6.04. The van der Waals surface area contributed by atoms with E-state index in [1.807, 2.05) is 0 Å². The van der Waals surface area contributed by atoms with Crippen LogP contribution >= 0.6 is 24.2 Å². The van der Waals surface area contributed by atoms with Crippen LogP contribution in [-0.4, -0.2) is 46.4 Å². The van der Waals surface area contributed by atoms with E-state index < -0.39 is 0 Å². The lowest BCUT2D eigenvalue weighted by Crippen LogP contribution is -2.32. The van der Waals surface area contributed by atoms with Gasteiger partial charge in [0, 0.05) is 31.4 Å². The Hall–Kier alpha value is -0.520. The molecule has 2 aliphatic heterocycles. The van der Waals surface area contributed by atoms with Gasteiger partial charge in [-0.3, -0.25) is 4.90 Å². The number of rotatable bonds is 8. The molecule has 0 aromatic carbocycles. The molecule has 124 valence electrons. The van der Waals surface area contributed by atoms with Gasteiger partial charge in [0.15, 0.2) is 5.03 Å². The number of hydrogen-bond donors (Lipinski definition) is 0. The molecule has 6 heteroatoms. The van der Waals surface area contributed by atoms with Crippen molar-refractivity contribution in [1.29, 1.82) is 0 Å². The number of piperidine rings is 1. The number of unbranched alkanes of at least 4 members (excludes halogenated alkanes) is 3. The van der Waals surface area contributed by atoms with Crippen molar-refractivity contribution in [3.05, 3.63) is 12.4 Å². The van der Waals surface area contributed by atoms with E-state index in [4.69, 9.17) is 4.74 Å². The summed E-state index contributed by atoms with van der Waals surface area (Å²) in [6.07, 6.45) is 10.2. The minimum absolute atomic E-state index is 0. The number of fused-ring (bicyclic) bond motifs is 2. The Morgan fingerprint density at radius 3 is 2.82 bits per heavy atom. The summed E-state index contributed by atoms with van der Waals surface area (Å²) in [5.74, 6) is 2.54. The maximum atomic E-state index is 6.18. The van der Waals surface area contributed by atoms with Gasteiger partial charge >= 0.3 is 0 Å². The summed E-state index contributed by atoms with van der Waals surface area (Å²) >= 11 is 1.79. The van der Waals surface area contributed by atoms with Gasteiger partial charge in [0.2, 0.25) is 5.88 Å². The monoisotopic (exact) mass is 343 g/mol. The second-order valence-corrected chi connectivity index (χ2v) is 7.12. The first-order valence-electron chi connectivity index (χ1n) is 8.19. The Labute approximate surface area is 143 Å². The Morgan fingerprint density at radius 2 is 2.09 bits per heavy atom. The summed E-state index contributed by atoms with van der Waals surface area (Å²) in [6.45, 7) is 5.74. The van der Waals surface area contributed by atoms with Gasteiger partial charge in [0.05, 0.1) is 0 Å². The van der Waals surface area contributed by atoms with Gasteiger partial charge in [-0.15, -0.1) is 24.2 Å². The lowest BCUT2D eigenvalue weighted by atomic mass is 10.0. The molecule has 0 amide bonds. The molecule has 0 saturated carbocycles. The van der Waals surface area contributed by atoms with Gasteiger partial charge in [-0.25, -0.2) is 9.97 Å². The molecule has 4 nitrogen and oxygen atoms in total. The van der Waals surface area contributed by atoms with Crippen LogP contribution in [0.3, 0.4) is 0 Å². The highest BCUT2D eigenvalue weighted by molar-refractivity contribution is 7.99. The van der Waals surface area contributed by atoms with E-state index in [0.29, 0.717) is 12.0 Å². The standard InChI is InChI=1S/C16H25N3OS.ClH/c1-2-3-4-5-10-21-16-15(17-7-8-18-16)20-14-12-19-9-6-13(14)11-19;/h7-8,13-14H,2-6,9-12H2,1H3;1H/t13?,14-;/m0./s1. The van der Waals surface area contributed by atoms with Crippen molar-refractivity contribution < 1.29 is 4.74 Å². The summed E-state index contributed by atoms with van der Waals surface area (Å²) in [5.41, 5.74) is 0. The normalized spacial score (nSPS) is 26.0. The molecule has 0 radical (unpaired) electrons. The molecule has 3 rings (SSSR count). The predicted molar refractivity (Wildman–Crippen MR) is 93.1 cm³/mol. The summed E-state index contributed by atoms with van der Waals surface area (Å²) in [4.78, 5) is 11.4. The molecule has 1 aromatic rings. The van der Waals surface area contributed by atoms with Crippen molar-refractivity contribution in [3.63, 3.8) is 0 Å². The van der Waals surface area contributed by atoms with Crippen LogP contribution in [-0.2, 0) is 0 Å². The van der Waals surface area contributed by atoms with Gasteiger partial charge < -0.3 is 4.74 Å². The molecule has 2 saturated heterocycles. The maximum absolute atomic E-state index is 6.18. The first-order chi connectivity index (χ1) is 10.4. The van der Waals surface area contributed by atoms with Crippen molar-refractivity contribution in [2.45, 2.75) is 50.2 Å². The number of ether oxygens (including phenoxy) is 1. The highest BCUT2D eigenvalue weighted by Gasteiger charge is 2.39. The van der Waals surface area contributed by atoms with E-state index in [0.717, 1.165) is 23.2 Å². The van der Waals surface area contributed by atoms with Gasteiger partial charge in [0.1, 0.15) is 6.10 Å². The minimum atomic E-state index is 0. The number of halogens is 1. The molecule has 2 aliphatic rings. The zero-order chi connectivity index (χ0) is 14.5. The molecule has 2 bridgehead atoms. The molecule has 3 atom stereocenters. The Morgan fingerprint density at radius 1 is 1.23 bits per heavy atom. The van der Waals surface area contributed by atoms with Crippen LogP contribution in [0.2, 0.25) is 0 Å². The highest BCUT2D eigenvalue weighted by atomic mass is 35.5. The summed E-state index contributed by atoms with van der Waals surface area (Å²) in [7, 11) is 0. The van der Waals surface area contributed by atoms with E-state index in [2.05, 4.69) is 21.8 Å². The molecule has 2 fully saturated rings. The Balaban J connectivity index is 0.00000176. The number of aromatic nitrogens is 2. The molecular formula is C16H26ClN3OS. The number of thioether (sulfide) groups is 1. The van der Waals surface area contributed by atoms with Crippen LogP contribution in [0.4, 0.5) is 0 Å². The fourth-order valence-corrected chi connectivity index (χ4v) is 4.10. The van der Waals surface area contributed by atoms with Gasteiger partial charge in [-0.2, -0.15) is 0 Å². The fraction of sp³-hybridized carbons (Fsp3) is 0.750. The number of hydrogen-bond acceptors (Lipinski definition) is 5. The zero-order valence-corrected chi connectivity index (χ0v) is 14.9. The SMILES string of the molecule is CCCCCCSc1nccnc1O[C@H]1CN2CCC1C2.Cl. The summed E-state index contributed by atoms with van der Waals surface area (Å²) in [5, 5.41) is 0.965. The van der Waals surface area contributed by atoms with E-state index >= 15 is 0 Å². The van der Waals surface area contributed by atoms with Crippen molar-refractivity contribution >= 4 is 24.2 Å². The minimum Gasteiger partial charge on any atom is -0.471 e. The van der Waals surface area contributed by atoms with Crippen LogP contribution in [0.1, 0.15) is 39.0 Å². The van der Waals surface area contributed by atoms with Crippen LogP contribution in [0.25, 0.3) is 0 Å². The molecule has 0 spiro atoms. The van der Waals surface area contributed by atoms with Gasteiger partial charge in [-0.05, 0) is 25.1 Å². The maximum Gasteiger partial charge on any atom is 0.247 e. The van der Waals surface area contributed by atoms with Crippen LogP contribution in [0.15, 0.2) is 17.4 Å². The van der Waals surface area contributed by atoms with Crippen LogP contribution < -0.4 is 4.74 Å². The highest BCUT2D eigenvalue weighted by Crippen LogP contribution is 2.33. The summed E-state index contributed by atoms with van der Waals surface area (Å²) < 4.78 is 6.18. The largest absolute Gasteiger partial charge is 0.471 e. The topological polar surface area (TPSA) is 38.3 Å². The van der Waals surface area contributed by atoms with Crippen LogP contribution in [0, 0.1) is 5.92 Å². The quantitative estimate of drug-likeness (QED) is 0.532. The van der Waals surface area contributed by atoms with Crippen molar-refractivity contribution in [3.8, 4) is 5.88 Å². The molecule has 1 aromatic heterocycles. The fourth-order valence-electron chi connectivity index (χ4n) is 3.20. The first kappa shape index (κ1) is 17.8. The third kappa shape index (κ3) is 4.49. The van der Waals surface area contributed by atoms with Crippen molar-refractivity contribution in [2.75, 3.05) is 25.4 Å². The molecule has 22 heavy (non-hydrogen) atoms. The molecule has 2 unspecified atom stereocenters. The third-order valence-corrected chi connectivity index (χ3v) is 5.45. The van der Waals surface area contributed by atoms with Crippen molar-refractivity contribution in [1.82, 2.24) is 14.9 Å².